The minimum Gasteiger partial charge on any atom is -0.478 e. The third kappa shape index (κ3) is 2.89. The molecule has 24 heavy (non-hydrogen) atoms. The largest absolute Gasteiger partial charge is 0.478 e. The molecule has 0 unspecified atom stereocenters. The number of esters is 1. The second kappa shape index (κ2) is 6.37. The molecule has 0 saturated carbocycles. The average Bonchev–Trinajstić information content (AvgIpc) is 3.07. The molecule has 3 rings (SSSR count). The molecule has 0 saturated heterocycles. The SMILES string of the molecule is COC(=O)c1ccc(-c2nn(-c3ccccc3)cc2C(=O)O)cc1. The molecule has 0 bridgehead atoms. The van der Waals surface area contributed by atoms with Gasteiger partial charge in [-0.1, -0.05) is 30.3 Å². The maximum atomic E-state index is 11.5. The van der Waals surface area contributed by atoms with Gasteiger partial charge in [0.2, 0.25) is 0 Å². The van der Waals surface area contributed by atoms with Gasteiger partial charge in [-0.3, -0.25) is 0 Å². The van der Waals surface area contributed by atoms with Crippen LogP contribution in [-0.2, 0) is 4.74 Å². The first-order chi connectivity index (χ1) is 11.6. The molecule has 0 aliphatic carbocycles. The topological polar surface area (TPSA) is 81.4 Å². The minimum atomic E-state index is -1.07. The summed E-state index contributed by atoms with van der Waals surface area (Å²) in [6.07, 6.45) is 1.47. The molecule has 0 aliphatic heterocycles. The van der Waals surface area contributed by atoms with Crippen molar-refractivity contribution >= 4 is 11.9 Å². The summed E-state index contributed by atoms with van der Waals surface area (Å²) in [4.78, 5) is 23.0. The number of para-hydroxylation sites is 1. The molecule has 0 amide bonds. The summed E-state index contributed by atoms with van der Waals surface area (Å²) in [5.74, 6) is -1.51. The van der Waals surface area contributed by atoms with Crippen molar-refractivity contribution in [1.29, 1.82) is 0 Å². The fourth-order valence-corrected chi connectivity index (χ4v) is 2.34. The zero-order valence-corrected chi connectivity index (χ0v) is 12.8. The fourth-order valence-electron chi connectivity index (χ4n) is 2.34. The summed E-state index contributed by atoms with van der Waals surface area (Å²) in [5, 5.41) is 13.8. The molecule has 3 aromatic rings. The first-order valence-electron chi connectivity index (χ1n) is 7.17. The number of hydrogen-bond acceptors (Lipinski definition) is 4. The molecule has 6 nitrogen and oxygen atoms in total. The number of carboxylic acids is 1. The third-order valence-corrected chi connectivity index (χ3v) is 3.54. The third-order valence-electron chi connectivity index (χ3n) is 3.54. The van der Waals surface area contributed by atoms with Crippen LogP contribution in [0, 0.1) is 0 Å². The van der Waals surface area contributed by atoms with Crippen molar-refractivity contribution < 1.29 is 19.4 Å². The van der Waals surface area contributed by atoms with E-state index in [-0.39, 0.29) is 5.56 Å². The van der Waals surface area contributed by atoms with Crippen molar-refractivity contribution in [2.45, 2.75) is 0 Å². The van der Waals surface area contributed by atoms with E-state index in [2.05, 4.69) is 9.84 Å². The van der Waals surface area contributed by atoms with Crippen LogP contribution in [0.15, 0.2) is 60.8 Å². The Kier molecular flexibility index (Phi) is 4.11. The molecular formula is C18H14N2O4. The monoisotopic (exact) mass is 322 g/mol. The van der Waals surface area contributed by atoms with Gasteiger partial charge in [-0.25, -0.2) is 14.3 Å². The Morgan fingerprint density at radius 2 is 1.71 bits per heavy atom. The molecule has 1 N–H and O–H groups in total. The Hall–Kier alpha value is -3.41. The van der Waals surface area contributed by atoms with E-state index in [1.54, 1.807) is 24.3 Å². The predicted octanol–water partition coefficient (Wildman–Crippen LogP) is 3.02. The lowest BCUT2D eigenvalue weighted by atomic mass is 10.1. The summed E-state index contributed by atoms with van der Waals surface area (Å²) in [7, 11) is 1.31. The van der Waals surface area contributed by atoms with E-state index in [1.165, 1.54) is 18.0 Å². The normalized spacial score (nSPS) is 10.4. The Labute approximate surface area is 137 Å². The quantitative estimate of drug-likeness (QED) is 0.747. The Morgan fingerprint density at radius 3 is 2.29 bits per heavy atom. The van der Waals surface area contributed by atoms with Gasteiger partial charge in [0.15, 0.2) is 0 Å². The summed E-state index contributed by atoms with van der Waals surface area (Å²) in [6, 6.07) is 15.7. The number of carbonyl (C=O) groups is 2. The van der Waals surface area contributed by atoms with Crippen LogP contribution in [-0.4, -0.2) is 33.9 Å². The number of ether oxygens (including phenoxy) is 1. The van der Waals surface area contributed by atoms with Gasteiger partial charge in [-0.2, -0.15) is 5.10 Å². The average molecular weight is 322 g/mol. The van der Waals surface area contributed by atoms with Crippen LogP contribution in [0.2, 0.25) is 0 Å². The molecule has 1 aromatic heterocycles. The lowest BCUT2D eigenvalue weighted by Crippen LogP contribution is -2.01. The smallest absolute Gasteiger partial charge is 0.339 e. The molecule has 0 radical (unpaired) electrons. The number of hydrogen-bond donors (Lipinski definition) is 1. The van der Waals surface area contributed by atoms with Crippen LogP contribution in [0.1, 0.15) is 20.7 Å². The number of aromatic nitrogens is 2. The standard InChI is InChI=1S/C18H14N2O4/c1-24-18(23)13-9-7-12(8-10-13)16-15(17(21)22)11-20(19-16)14-5-3-2-4-6-14/h2-11H,1H3,(H,21,22). The molecule has 0 aliphatic rings. The lowest BCUT2D eigenvalue weighted by molar-refractivity contribution is 0.0599. The number of benzene rings is 2. The maximum absolute atomic E-state index is 11.5. The van der Waals surface area contributed by atoms with Gasteiger partial charge in [-0.15, -0.1) is 0 Å². The number of methoxy groups -OCH3 is 1. The number of carboxylic acid groups (broad SMARTS) is 1. The number of aromatic carboxylic acids is 1. The molecular weight excluding hydrogens is 308 g/mol. The van der Waals surface area contributed by atoms with Crippen molar-refractivity contribution in [2.75, 3.05) is 7.11 Å². The second-order valence-corrected chi connectivity index (χ2v) is 5.05. The molecule has 120 valence electrons. The van der Waals surface area contributed by atoms with E-state index >= 15 is 0 Å². The van der Waals surface area contributed by atoms with Crippen molar-refractivity contribution in [3.8, 4) is 16.9 Å². The zero-order valence-electron chi connectivity index (χ0n) is 12.8. The van der Waals surface area contributed by atoms with E-state index in [9.17, 15) is 14.7 Å². The summed E-state index contributed by atoms with van der Waals surface area (Å²) in [6.45, 7) is 0. The first-order valence-corrected chi connectivity index (χ1v) is 7.17. The van der Waals surface area contributed by atoms with Crippen LogP contribution < -0.4 is 0 Å². The second-order valence-electron chi connectivity index (χ2n) is 5.05. The number of carbonyl (C=O) groups excluding carboxylic acids is 1. The highest BCUT2D eigenvalue weighted by molar-refractivity contribution is 5.95. The molecule has 2 aromatic carbocycles. The first kappa shape index (κ1) is 15.5. The highest BCUT2D eigenvalue weighted by atomic mass is 16.5. The highest BCUT2D eigenvalue weighted by Crippen LogP contribution is 2.24. The summed E-state index contributed by atoms with van der Waals surface area (Å²) in [5.41, 5.74) is 2.18. The minimum absolute atomic E-state index is 0.0877. The van der Waals surface area contributed by atoms with Crippen molar-refractivity contribution in [3.05, 3.63) is 71.9 Å². The van der Waals surface area contributed by atoms with Crippen LogP contribution >= 0.6 is 0 Å². The molecule has 0 fully saturated rings. The van der Waals surface area contributed by atoms with E-state index in [0.717, 1.165) is 5.69 Å². The van der Waals surface area contributed by atoms with Crippen LogP contribution in [0.4, 0.5) is 0 Å². The lowest BCUT2D eigenvalue weighted by Gasteiger charge is -2.02. The van der Waals surface area contributed by atoms with Crippen molar-refractivity contribution in [2.24, 2.45) is 0 Å². The summed E-state index contributed by atoms with van der Waals surface area (Å²) < 4.78 is 6.17. The summed E-state index contributed by atoms with van der Waals surface area (Å²) >= 11 is 0. The Bertz CT molecular complexity index is 883. The molecule has 1 heterocycles. The maximum Gasteiger partial charge on any atom is 0.339 e. The van der Waals surface area contributed by atoms with Gasteiger partial charge in [0, 0.05) is 11.8 Å². The Balaban J connectivity index is 2.05. The van der Waals surface area contributed by atoms with Gasteiger partial charge in [-0.05, 0) is 24.3 Å². The van der Waals surface area contributed by atoms with E-state index < -0.39 is 11.9 Å². The number of nitrogens with zero attached hydrogens (tertiary/aromatic N) is 2. The van der Waals surface area contributed by atoms with Gasteiger partial charge in [0.1, 0.15) is 11.3 Å². The van der Waals surface area contributed by atoms with Crippen LogP contribution in [0.5, 0.6) is 0 Å². The van der Waals surface area contributed by atoms with Crippen molar-refractivity contribution in [1.82, 2.24) is 9.78 Å². The zero-order chi connectivity index (χ0) is 17.1. The van der Waals surface area contributed by atoms with E-state index in [4.69, 9.17) is 0 Å². The highest BCUT2D eigenvalue weighted by Gasteiger charge is 2.18. The van der Waals surface area contributed by atoms with Gasteiger partial charge in [0.25, 0.3) is 0 Å². The molecule has 6 heteroatoms. The van der Waals surface area contributed by atoms with Crippen molar-refractivity contribution in [3.63, 3.8) is 0 Å². The molecule has 0 atom stereocenters. The Morgan fingerprint density at radius 1 is 1.04 bits per heavy atom. The van der Waals surface area contributed by atoms with Gasteiger partial charge in [0.05, 0.1) is 18.4 Å². The fraction of sp³-hybridized carbons (Fsp3) is 0.0556. The number of rotatable bonds is 4. The predicted molar refractivity (Wildman–Crippen MR) is 87.3 cm³/mol. The molecule has 0 spiro atoms. The van der Waals surface area contributed by atoms with E-state index in [1.807, 2.05) is 30.3 Å². The van der Waals surface area contributed by atoms with E-state index in [0.29, 0.717) is 16.8 Å². The van der Waals surface area contributed by atoms with Crippen LogP contribution in [0.3, 0.4) is 0 Å². The van der Waals surface area contributed by atoms with Gasteiger partial charge >= 0.3 is 11.9 Å². The van der Waals surface area contributed by atoms with Crippen LogP contribution in [0.25, 0.3) is 16.9 Å². The van der Waals surface area contributed by atoms with Gasteiger partial charge < -0.3 is 9.84 Å².